The predicted octanol–water partition coefficient (Wildman–Crippen LogP) is 3.48. The van der Waals surface area contributed by atoms with Crippen LogP contribution in [0.15, 0.2) is 36.9 Å². The predicted molar refractivity (Wildman–Crippen MR) is 139 cm³/mol. The largest absolute Gasteiger partial charge is 0.366 e. The van der Waals surface area contributed by atoms with Crippen LogP contribution in [0.5, 0.6) is 0 Å². The summed E-state index contributed by atoms with van der Waals surface area (Å²) in [5.41, 5.74) is 4.49. The Labute approximate surface area is 207 Å². The van der Waals surface area contributed by atoms with E-state index in [1.807, 2.05) is 35.7 Å². The Hall–Kier alpha value is -3.07. The van der Waals surface area contributed by atoms with Gasteiger partial charge in [0.15, 0.2) is 0 Å². The zero-order chi connectivity index (χ0) is 24.5. The molecule has 3 aromatic rings. The van der Waals surface area contributed by atoms with E-state index in [0.29, 0.717) is 25.2 Å². The van der Waals surface area contributed by atoms with Crippen LogP contribution in [-0.2, 0) is 0 Å². The van der Waals surface area contributed by atoms with E-state index < -0.39 is 0 Å². The zero-order valence-electron chi connectivity index (χ0n) is 21.4. The van der Waals surface area contributed by atoms with Gasteiger partial charge in [-0.15, -0.1) is 0 Å². The molecule has 0 aromatic carbocycles. The molecule has 3 aromatic heterocycles. The molecule has 0 aliphatic carbocycles. The van der Waals surface area contributed by atoms with Crippen molar-refractivity contribution in [2.45, 2.75) is 58.7 Å². The van der Waals surface area contributed by atoms with Crippen LogP contribution >= 0.6 is 0 Å². The number of carbonyl (C=O) groups is 1. The summed E-state index contributed by atoms with van der Waals surface area (Å²) in [5.74, 6) is 0. The number of anilines is 1. The highest BCUT2D eigenvalue weighted by Crippen LogP contribution is 2.30. The standard InChI is InChI=1S/C26H38N8O/c1-19(2)29-26(35)31-12-10-30(11-13-31)24-7-8-27-34-16-21(14-25(24)34)22-15-28-33(17-22)23-6-5-9-32(18-23)20(3)4/h7-8,14-17,19-20,23H,5-6,9-13,18H2,1-4H3,(H,29,35). The van der Waals surface area contributed by atoms with E-state index in [2.05, 4.69) is 63.3 Å². The number of hydrogen-bond acceptors (Lipinski definition) is 5. The minimum Gasteiger partial charge on any atom is -0.366 e. The van der Waals surface area contributed by atoms with Gasteiger partial charge in [-0.2, -0.15) is 10.2 Å². The molecule has 9 heteroatoms. The molecule has 0 saturated carbocycles. The molecule has 1 N–H and O–H groups in total. The summed E-state index contributed by atoms with van der Waals surface area (Å²) in [5, 5.41) is 12.3. The van der Waals surface area contributed by atoms with E-state index in [1.165, 1.54) is 19.4 Å². The van der Waals surface area contributed by atoms with Gasteiger partial charge in [-0.1, -0.05) is 0 Å². The molecule has 0 spiro atoms. The number of rotatable bonds is 5. The maximum atomic E-state index is 12.4. The fourth-order valence-corrected chi connectivity index (χ4v) is 5.27. The van der Waals surface area contributed by atoms with E-state index in [0.717, 1.165) is 42.0 Å². The number of fused-ring (bicyclic) bond motifs is 1. The number of carbonyl (C=O) groups excluding carboxylic acids is 1. The number of nitrogens with zero attached hydrogens (tertiary/aromatic N) is 7. The second-order valence-electron chi connectivity index (χ2n) is 10.4. The van der Waals surface area contributed by atoms with Crippen molar-refractivity contribution in [2.24, 2.45) is 0 Å². The maximum absolute atomic E-state index is 12.4. The van der Waals surface area contributed by atoms with E-state index >= 15 is 0 Å². The first kappa shape index (κ1) is 23.7. The Morgan fingerprint density at radius 3 is 2.57 bits per heavy atom. The second-order valence-corrected chi connectivity index (χ2v) is 10.4. The van der Waals surface area contributed by atoms with Gasteiger partial charge in [0.2, 0.25) is 0 Å². The van der Waals surface area contributed by atoms with Crippen LogP contribution in [0.4, 0.5) is 10.5 Å². The van der Waals surface area contributed by atoms with Gasteiger partial charge in [-0.25, -0.2) is 9.31 Å². The number of urea groups is 1. The third-order valence-electron chi connectivity index (χ3n) is 7.27. The number of piperazine rings is 1. The molecule has 35 heavy (non-hydrogen) atoms. The normalized spacial score (nSPS) is 19.8. The smallest absolute Gasteiger partial charge is 0.317 e. The summed E-state index contributed by atoms with van der Waals surface area (Å²) in [6, 6.07) is 5.46. The maximum Gasteiger partial charge on any atom is 0.317 e. The zero-order valence-corrected chi connectivity index (χ0v) is 21.4. The summed E-state index contributed by atoms with van der Waals surface area (Å²) in [6.07, 6.45) is 10.5. The molecule has 2 fully saturated rings. The first-order valence-corrected chi connectivity index (χ1v) is 13.0. The van der Waals surface area contributed by atoms with Crippen molar-refractivity contribution in [3.05, 3.63) is 36.9 Å². The van der Waals surface area contributed by atoms with E-state index in [4.69, 9.17) is 5.10 Å². The highest BCUT2D eigenvalue weighted by Gasteiger charge is 2.25. The quantitative estimate of drug-likeness (QED) is 0.608. The summed E-state index contributed by atoms with van der Waals surface area (Å²) < 4.78 is 4.11. The van der Waals surface area contributed by atoms with Gasteiger partial charge in [0.1, 0.15) is 0 Å². The van der Waals surface area contributed by atoms with Crippen LogP contribution in [0.3, 0.4) is 0 Å². The fraction of sp³-hybridized carbons (Fsp3) is 0.577. The first-order valence-electron chi connectivity index (χ1n) is 13.0. The van der Waals surface area contributed by atoms with E-state index in [9.17, 15) is 4.79 Å². The van der Waals surface area contributed by atoms with Crippen LogP contribution in [0, 0.1) is 0 Å². The summed E-state index contributed by atoms with van der Waals surface area (Å²) >= 11 is 0. The van der Waals surface area contributed by atoms with Crippen LogP contribution in [-0.4, -0.2) is 86.6 Å². The number of likely N-dealkylation sites (tertiary alicyclic amines) is 1. The molecule has 2 saturated heterocycles. The van der Waals surface area contributed by atoms with Crippen molar-refractivity contribution in [2.75, 3.05) is 44.2 Å². The molecule has 1 unspecified atom stereocenters. The van der Waals surface area contributed by atoms with Crippen molar-refractivity contribution >= 4 is 17.2 Å². The highest BCUT2D eigenvalue weighted by molar-refractivity contribution is 5.80. The second kappa shape index (κ2) is 9.89. The Morgan fingerprint density at radius 2 is 1.83 bits per heavy atom. The Kier molecular flexibility index (Phi) is 6.69. The number of piperidine rings is 1. The molecule has 5 rings (SSSR count). The van der Waals surface area contributed by atoms with Crippen LogP contribution in [0.2, 0.25) is 0 Å². The monoisotopic (exact) mass is 478 g/mol. The van der Waals surface area contributed by atoms with Gasteiger partial charge in [-0.3, -0.25) is 9.58 Å². The summed E-state index contributed by atoms with van der Waals surface area (Å²) in [7, 11) is 0. The number of hydrogen-bond donors (Lipinski definition) is 1. The molecular formula is C26H38N8O. The lowest BCUT2D eigenvalue weighted by Crippen LogP contribution is -2.53. The third-order valence-corrected chi connectivity index (χ3v) is 7.27. The molecule has 9 nitrogen and oxygen atoms in total. The lowest BCUT2D eigenvalue weighted by Gasteiger charge is -2.36. The molecule has 0 bridgehead atoms. The Morgan fingerprint density at radius 1 is 1.03 bits per heavy atom. The molecule has 188 valence electrons. The number of nitrogens with one attached hydrogen (secondary N) is 1. The Bertz CT molecular complexity index is 1160. The molecular weight excluding hydrogens is 440 g/mol. The van der Waals surface area contributed by atoms with Crippen LogP contribution in [0.25, 0.3) is 16.6 Å². The minimum atomic E-state index is 0.0241. The van der Waals surface area contributed by atoms with Gasteiger partial charge < -0.3 is 15.1 Å². The highest BCUT2D eigenvalue weighted by atomic mass is 16.2. The van der Waals surface area contributed by atoms with Crippen molar-refractivity contribution in [3.63, 3.8) is 0 Å². The molecule has 1 atom stereocenters. The molecule has 2 aliphatic heterocycles. The van der Waals surface area contributed by atoms with Gasteiger partial charge in [-0.05, 0) is 59.2 Å². The van der Waals surface area contributed by atoms with Crippen molar-refractivity contribution in [3.8, 4) is 11.1 Å². The number of aromatic nitrogens is 4. The van der Waals surface area contributed by atoms with Gasteiger partial charge >= 0.3 is 6.03 Å². The SMILES string of the molecule is CC(C)NC(=O)N1CCN(c2ccnn3cc(-c4cnn(C5CCCN(C(C)C)C5)c4)cc23)CC1. The third kappa shape index (κ3) is 5.00. The fourth-order valence-electron chi connectivity index (χ4n) is 5.27. The van der Waals surface area contributed by atoms with Gasteiger partial charge in [0.25, 0.3) is 0 Å². The van der Waals surface area contributed by atoms with Gasteiger partial charge in [0, 0.05) is 74.5 Å². The Balaban J connectivity index is 1.32. The minimum absolute atomic E-state index is 0.0241. The first-order chi connectivity index (χ1) is 16.9. The average molecular weight is 479 g/mol. The van der Waals surface area contributed by atoms with Crippen molar-refractivity contribution < 1.29 is 4.79 Å². The van der Waals surface area contributed by atoms with Crippen molar-refractivity contribution in [1.29, 1.82) is 0 Å². The lowest BCUT2D eigenvalue weighted by atomic mass is 10.0. The molecule has 2 amide bonds. The topological polar surface area (TPSA) is 73.9 Å². The van der Waals surface area contributed by atoms with Crippen molar-refractivity contribution in [1.82, 2.24) is 34.5 Å². The van der Waals surface area contributed by atoms with Crippen LogP contribution < -0.4 is 10.2 Å². The molecule has 0 radical (unpaired) electrons. The summed E-state index contributed by atoms with van der Waals surface area (Å²) in [6.45, 7) is 13.8. The van der Waals surface area contributed by atoms with Gasteiger partial charge in [0.05, 0.1) is 23.4 Å². The van der Waals surface area contributed by atoms with Crippen LogP contribution in [0.1, 0.15) is 46.6 Å². The number of amides is 2. The average Bonchev–Trinajstić information content (AvgIpc) is 3.51. The van der Waals surface area contributed by atoms with E-state index in [1.54, 1.807) is 0 Å². The lowest BCUT2D eigenvalue weighted by molar-refractivity contribution is 0.137. The van der Waals surface area contributed by atoms with E-state index in [-0.39, 0.29) is 12.1 Å². The molecule has 2 aliphatic rings. The summed E-state index contributed by atoms with van der Waals surface area (Å²) in [4.78, 5) is 19.2. The molecule has 5 heterocycles.